The van der Waals surface area contributed by atoms with Crippen molar-refractivity contribution in [2.24, 2.45) is 12.8 Å². The number of nitrogens with one attached hydrogen (secondary N) is 1. The van der Waals surface area contributed by atoms with E-state index in [2.05, 4.69) is 22.1 Å². The summed E-state index contributed by atoms with van der Waals surface area (Å²) in [5.74, 6) is 0. The minimum Gasteiger partial charge on any atom is -0.361 e. The van der Waals surface area contributed by atoms with Gasteiger partial charge in [0.05, 0.1) is 0 Å². The summed E-state index contributed by atoms with van der Waals surface area (Å²) in [7, 11) is 1.77. The number of pyridine rings is 1. The van der Waals surface area contributed by atoms with Crippen LogP contribution in [0.4, 0.5) is 0 Å². The molecule has 0 bridgehead atoms. The normalized spacial score (nSPS) is 17.2. The van der Waals surface area contributed by atoms with Crippen LogP contribution in [0.15, 0.2) is 35.4 Å². The fraction of sp³-hybridized carbons (Fsp3) is 0.438. The van der Waals surface area contributed by atoms with Gasteiger partial charge in [0.1, 0.15) is 0 Å². The van der Waals surface area contributed by atoms with E-state index in [9.17, 15) is 4.79 Å². The average molecular weight is 286 g/mol. The zero-order valence-corrected chi connectivity index (χ0v) is 12.4. The molecule has 0 aliphatic carbocycles. The predicted molar refractivity (Wildman–Crippen MR) is 84.0 cm³/mol. The van der Waals surface area contributed by atoms with E-state index in [0.29, 0.717) is 6.04 Å². The fourth-order valence-corrected chi connectivity index (χ4v) is 2.82. The Hall–Kier alpha value is -1.85. The van der Waals surface area contributed by atoms with E-state index >= 15 is 0 Å². The standard InChI is InChI=1S/C16H22N4O/c1-19-11-13(2-3-16(19)21)15-8-12(9-18-15)10-20-6-4-14(17)5-7-20/h2-3,8-9,11,14,18H,4-7,10,17H2,1H3. The lowest BCUT2D eigenvalue weighted by Gasteiger charge is -2.29. The van der Waals surface area contributed by atoms with Crippen molar-refractivity contribution in [3.05, 3.63) is 46.5 Å². The first-order chi connectivity index (χ1) is 10.1. The van der Waals surface area contributed by atoms with Gasteiger partial charge in [-0.15, -0.1) is 0 Å². The molecular weight excluding hydrogens is 264 g/mol. The molecule has 2 aromatic heterocycles. The molecule has 21 heavy (non-hydrogen) atoms. The molecule has 0 amide bonds. The van der Waals surface area contributed by atoms with Crippen molar-refractivity contribution in [1.82, 2.24) is 14.5 Å². The SMILES string of the molecule is Cn1cc(-c2cc(CN3CCC(N)CC3)c[nH]2)ccc1=O. The summed E-state index contributed by atoms with van der Waals surface area (Å²) >= 11 is 0. The van der Waals surface area contributed by atoms with Crippen molar-refractivity contribution in [2.45, 2.75) is 25.4 Å². The van der Waals surface area contributed by atoms with Gasteiger partial charge >= 0.3 is 0 Å². The van der Waals surface area contributed by atoms with Gasteiger partial charge in [0.15, 0.2) is 0 Å². The third-order valence-electron chi connectivity index (χ3n) is 4.18. The number of piperidine rings is 1. The second-order valence-electron chi connectivity index (χ2n) is 5.90. The summed E-state index contributed by atoms with van der Waals surface area (Å²) in [5, 5.41) is 0. The van der Waals surface area contributed by atoms with Gasteiger partial charge in [-0.2, -0.15) is 0 Å². The molecule has 0 atom stereocenters. The maximum absolute atomic E-state index is 11.4. The first-order valence-electron chi connectivity index (χ1n) is 7.44. The van der Waals surface area contributed by atoms with Crippen molar-refractivity contribution in [3.8, 4) is 11.3 Å². The summed E-state index contributed by atoms with van der Waals surface area (Å²) in [5.41, 5.74) is 9.30. The van der Waals surface area contributed by atoms with E-state index in [1.165, 1.54) is 5.56 Å². The molecule has 1 fully saturated rings. The van der Waals surface area contributed by atoms with E-state index in [0.717, 1.165) is 43.7 Å². The number of likely N-dealkylation sites (tertiary alicyclic amines) is 1. The molecule has 0 saturated carbocycles. The lowest BCUT2D eigenvalue weighted by molar-refractivity contribution is 0.206. The van der Waals surface area contributed by atoms with Gasteiger partial charge in [0, 0.05) is 49.4 Å². The monoisotopic (exact) mass is 286 g/mol. The Labute approximate surface area is 124 Å². The highest BCUT2D eigenvalue weighted by Crippen LogP contribution is 2.19. The van der Waals surface area contributed by atoms with Crippen LogP contribution in [0.5, 0.6) is 0 Å². The predicted octanol–water partition coefficient (Wildman–Crippen LogP) is 1.30. The van der Waals surface area contributed by atoms with Gasteiger partial charge in [-0.1, -0.05) is 0 Å². The van der Waals surface area contributed by atoms with Gasteiger partial charge in [-0.25, -0.2) is 0 Å². The van der Waals surface area contributed by atoms with Crippen LogP contribution in [0.3, 0.4) is 0 Å². The van der Waals surface area contributed by atoms with E-state index in [1.807, 2.05) is 12.3 Å². The van der Waals surface area contributed by atoms with Crippen LogP contribution in [-0.2, 0) is 13.6 Å². The molecule has 0 unspecified atom stereocenters. The summed E-state index contributed by atoms with van der Waals surface area (Å²) in [6, 6.07) is 5.99. The molecule has 0 spiro atoms. The third kappa shape index (κ3) is 3.25. The molecule has 1 saturated heterocycles. The van der Waals surface area contributed by atoms with E-state index < -0.39 is 0 Å². The van der Waals surface area contributed by atoms with Crippen LogP contribution in [0.25, 0.3) is 11.3 Å². The maximum atomic E-state index is 11.4. The maximum Gasteiger partial charge on any atom is 0.250 e. The Balaban J connectivity index is 1.71. The summed E-state index contributed by atoms with van der Waals surface area (Å²) in [4.78, 5) is 17.2. The van der Waals surface area contributed by atoms with Crippen LogP contribution < -0.4 is 11.3 Å². The van der Waals surface area contributed by atoms with Crippen LogP contribution in [0.2, 0.25) is 0 Å². The first-order valence-corrected chi connectivity index (χ1v) is 7.44. The van der Waals surface area contributed by atoms with Crippen LogP contribution in [-0.4, -0.2) is 33.6 Å². The van der Waals surface area contributed by atoms with Gasteiger partial charge < -0.3 is 15.3 Å². The number of nitrogens with zero attached hydrogens (tertiary/aromatic N) is 2. The molecule has 3 rings (SSSR count). The quantitative estimate of drug-likeness (QED) is 0.894. The Morgan fingerprint density at radius 2 is 2.10 bits per heavy atom. The van der Waals surface area contributed by atoms with Crippen molar-refractivity contribution in [3.63, 3.8) is 0 Å². The second kappa shape index (κ2) is 5.87. The number of nitrogens with two attached hydrogens (primary N) is 1. The Kier molecular flexibility index (Phi) is 3.94. The summed E-state index contributed by atoms with van der Waals surface area (Å²) in [6.07, 6.45) is 6.07. The fourth-order valence-electron chi connectivity index (χ4n) is 2.82. The number of aromatic nitrogens is 2. The Morgan fingerprint density at radius 1 is 1.33 bits per heavy atom. The van der Waals surface area contributed by atoms with Crippen LogP contribution in [0.1, 0.15) is 18.4 Å². The number of aromatic amines is 1. The first kappa shape index (κ1) is 14.1. The molecule has 2 aromatic rings. The van der Waals surface area contributed by atoms with Gasteiger partial charge in [0.2, 0.25) is 5.56 Å². The summed E-state index contributed by atoms with van der Waals surface area (Å²) < 4.78 is 1.60. The molecule has 3 heterocycles. The molecule has 0 aromatic carbocycles. The van der Waals surface area contributed by atoms with Crippen molar-refractivity contribution in [2.75, 3.05) is 13.1 Å². The van der Waals surface area contributed by atoms with Crippen LogP contribution in [0, 0.1) is 0 Å². The zero-order valence-electron chi connectivity index (χ0n) is 12.4. The lowest BCUT2D eigenvalue weighted by atomic mass is 10.1. The Morgan fingerprint density at radius 3 is 2.81 bits per heavy atom. The Bertz CT molecular complexity index is 665. The van der Waals surface area contributed by atoms with E-state index in [1.54, 1.807) is 17.7 Å². The van der Waals surface area contributed by atoms with Crippen molar-refractivity contribution < 1.29 is 0 Å². The molecular formula is C16H22N4O. The molecule has 5 heteroatoms. The number of H-pyrrole nitrogens is 1. The second-order valence-corrected chi connectivity index (χ2v) is 5.90. The molecule has 5 nitrogen and oxygen atoms in total. The largest absolute Gasteiger partial charge is 0.361 e. The highest BCUT2D eigenvalue weighted by molar-refractivity contribution is 5.59. The lowest BCUT2D eigenvalue weighted by Crippen LogP contribution is -2.39. The zero-order chi connectivity index (χ0) is 14.8. The molecule has 112 valence electrons. The topological polar surface area (TPSA) is 67.0 Å². The number of hydrogen-bond donors (Lipinski definition) is 2. The number of rotatable bonds is 3. The van der Waals surface area contributed by atoms with E-state index in [4.69, 9.17) is 5.73 Å². The highest BCUT2D eigenvalue weighted by Gasteiger charge is 2.16. The third-order valence-corrected chi connectivity index (χ3v) is 4.18. The molecule has 1 aliphatic rings. The average Bonchev–Trinajstić information content (AvgIpc) is 2.93. The van der Waals surface area contributed by atoms with Crippen LogP contribution >= 0.6 is 0 Å². The minimum absolute atomic E-state index is 0.00943. The van der Waals surface area contributed by atoms with Crippen molar-refractivity contribution in [1.29, 1.82) is 0 Å². The number of aryl methyl sites for hydroxylation is 1. The van der Waals surface area contributed by atoms with Gasteiger partial charge in [0.25, 0.3) is 0 Å². The van der Waals surface area contributed by atoms with Gasteiger partial charge in [-0.3, -0.25) is 9.69 Å². The minimum atomic E-state index is 0.00943. The van der Waals surface area contributed by atoms with E-state index in [-0.39, 0.29) is 5.56 Å². The molecule has 3 N–H and O–H groups in total. The van der Waals surface area contributed by atoms with Crippen molar-refractivity contribution >= 4 is 0 Å². The molecule has 1 aliphatic heterocycles. The summed E-state index contributed by atoms with van der Waals surface area (Å²) in [6.45, 7) is 3.10. The molecule has 0 radical (unpaired) electrons. The number of hydrogen-bond acceptors (Lipinski definition) is 3. The highest BCUT2D eigenvalue weighted by atomic mass is 16.1. The smallest absolute Gasteiger partial charge is 0.250 e. The van der Waals surface area contributed by atoms with Gasteiger partial charge in [-0.05, 0) is 43.6 Å².